The summed E-state index contributed by atoms with van der Waals surface area (Å²) in [6, 6.07) is 3.75. The zero-order valence-electron chi connectivity index (χ0n) is 17.6. The zero-order chi connectivity index (χ0) is 23.5. The van der Waals surface area contributed by atoms with Crippen molar-refractivity contribution in [1.82, 2.24) is 5.32 Å². The van der Waals surface area contributed by atoms with Gasteiger partial charge in [-0.2, -0.15) is 0 Å². The van der Waals surface area contributed by atoms with Gasteiger partial charge in [-0.05, 0) is 37.1 Å². The van der Waals surface area contributed by atoms with Gasteiger partial charge < -0.3 is 20.3 Å². The Labute approximate surface area is 195 Å². The fourth-order valence-electron chi connectivity index (χ4n) is 3.38. The van der Waals surface area contributed by atoms with E-state index in [1.165, 1.54) is 0 Å². The lowest BCUT2D eigenvalue weighted by Crippen LogP contribution is -2.50. The van der Waals surface area contributed by atoms with Crippen molar-refractivity contribution in [3.63, 3.8) is 0 Å². The third kappa shape index (κ3) is 6.47. The maximum atomic E-state index is 12.8. The van der Waals surface area contributed by atoms with Crippen LogP contribution in [0.5, 0.6) is 0 Å². The molecule has 1 aromatic carbocycles. The van der Waals surface area contributed by atoms with Crippen LogP contribution in [0.4, 0.5) is 11.4 Å². The molecule has 2 aliphatic rings. The maximum Gasteiger partial charge on any atom is 0.253 e. The average molecular weight is 502 g/mol. The molecule has 2 aliphatic heterocycles. The van der Waals surface area contributed by atoms with E-state index in [0.29, 0.717) is 35.3 Å². The van der Waals surface area contributed by atoms with E-state index < -0.39 is 38.7 Å². The molecule has 2 N–H and O–H groups in total. The monoisotopic (exact) mass is 501 g/mol. The van der Waals surface area contributed by atoms with Crippen molar-refractivity contribution in [2.75, 3.05) is 42.0 Å². The highest BCUT2D eigenvalue weighted by atomic mass is 35.5. The van der Waals surface area contributed by atoms with Crippen LogP contribution >= 0.6 is 23.4 Å². The van der Waals surface area contributed by atoms with E-state index in [2.05, 4.69) is 10.6 Å². The number of amides is 3. The molecular formula is C20H24ClN3O6S2. The summed E-state index contributed by atoms with van der Waals surface area (Å²) in [5, 5.41) is 4.68. The molecule has 2 atom stereocenters. The second kappa shape index (κ2) is 10.2. The number of hydrogen-bond donors (Lipinski definition) is 2. The number of carbonyl (C=O) groups is 3. The van der Waals surface area contributed by atoms with Gasteiger partial charge in [0, 0.05) is 24.2 Å². The minimum atomic E-state index is -3.55. The number of anilines is 2. The van der Waals surface area contributed by atoms with Crippen LogP contribution in [-0.4, -0.2) is 69.2 Å². The first kappa shape index (κ1) is 24.6. The summed E-state index contributed by atoms with van der Waals surface area (Å²) in [4.78, 5) is 39.0. The van der Waals surface area contributed by atoms with Crippen molar-refractivity contribution >= 4 is 62.3 Å². The van der Waals surface area contributed by atoms with Crippen LogP contribution in [0.1, 0.15) is 12.0 Å². The number of ether oxygens (including phenoxy) is 1. The summed E-state index contributed by atoms with van der Waals surface area (Å²) in [5.74, 6) is -1.79. The van der Waals surface area contributed by atoms with Gasteiger partial charge in [0.1, 0.15) is 22.5 Å². The topological polar surface area (TPSA) is 122 Å². The summed E-state index contributed by atoms with van der Waals surface area (Å²) in [6.45, 7) is 2.70. The minimum absolute atomic E-state index is 0.0187. The first-order valence-corrected chi connectivity index (χ1v) is 13.2. The first-order valence-electron chi connectivity index (χ1n) is 9.83. The van der Waals surface area contributed by atoms with Gasteiger partial charge in [0.15, 0.2) is 0 Å². The molecule has 0 aromatic heterocycles. The van der Waals surface area contributed by atoms with Crippen molar-refractivity contribution in [3.05, 3.63) is 34.2 Å². The highest BCUT2D eigenvalue weighted by molar-refractivity contribution is 8.06. The van der Waals surface area contributed by atoms with E-state index in [-0.39, 0.29) is 12.5 Å². The van der Waals surface area contributed by atoms with Crippen LogP contribution in [0.3, 0.4) is 0 Å². The Morgan fingerprint density at radius 3 is 2.72 bits per heavy atom. The van der Waals surface area contributed by atoms with Crippen molar-refractivity contribution in [1.29, 1.82) is 0 Å². The normalized spacial score (nSPS) is 20.0. The van der Waals surface area contributed by atoms with Gasteiger partial charge in [-0.25, -0.2) is 8.42 Å². The first-order chi connectivity index (χ1) is 15.0. The van der Waals surface area contributed by atoms with Crippen LogP contribution in [-0.2, 0) is 29.0 Å². The predicted octanol–water partition coefficient (Wildman–Crippen LogP) is 1.41. The molecule has 1 fully saturated rings. The number of allylic oxidation sites excluding steroid dienone is 1. The average Bonchev–Trinajstić information content (AvgIpc) is 3.14. The predicted molar refractivity (Wildman–Crippen MR) is 125 cm³/mol. The van der Waals surface area contributed by atoms with Crippen molar-refractivity contribution in [2.45, 2.75) is 24.6 Å². The number of sulfone groups is 1. The van der Waals surface area contributed by atoms with E-state index >= 15 is 0 Å². The number of thioether (sulfide) groups is 1. The molecule has 32 heavy (non-hydrogen) atoms. The Bertz CT molecular complexity index is 1060. The molecule has 3 amide bonds. The number of nitrogens with one attached hydrogen (secondary N) is 2. The summed E-state index contributed by atoms with van der Waals surface area (Å²) < 4.78 is 29.3. The number of carbonyl (C=O) groups excluding carboxylic acids is 3. The molecular weight excluding hydrogens is 478 g/mol. The summed E-state index contributed by atoms with van der Waals surface area (Å²) in [5.41, 5.74) is 1.88. The van der Waals surface area contributed by atoms with Crippen LogP contribution in [0.15, 0.2) is 28.6 Å². The van der Waals surface area contributed by atoms with Crippen LogP contribution in [0.25, 0.3) is 0 Å². The number of rotatable bonds is 7. The molecule has 0 radical (unpaired) electrons. The Morgan fingerprint density at radius 2 is 2.12 bits per heavy atom. The fraction of sp³-hybridized carbons (Fsp3) is 0.450. The Morgan fingerprint density at radius 1 is 1.38 bits per heavy atom. The summed E-state index contributed by atoms with van der Waals surface area (Å²) in [6.07, 6.45) is 3.11. The van der Waals surface area contributed by atoms with E-state index in [1.54, 1.807) is 36.1 Å². The van der Waals surface area contributed by atoms with Crippen LogP contribution < -0.4 is 15.5 Å². The molecule has 0 spiro atoms. The lowest BCUT2D eigenvalue weighted by atomic mass is 10.1. The van der Waals surface area contributed by atoms with Crippen LogP contribution in [0.2, 0.25) is 0 Å². The Hall–Kier alpha value is -2.08. The second-order valence-electron chi connectivity index (χ2n) is 7.59. The van der Waals surface area contributed by atoms with Crippen molar-refractivity contribution in [2.24, 2.45) is 0 Å². The number of benzene rings is 1. The largest absolute Gasteiger partial charge is 0.370 e. The smallest absolute Gasteiger partial charge is 0.253 e. The van der Waals surface area contributed by atoms with Gasteiger partial charge in [-0.3, -0.25) is 14.4 Å². The Kier molecular flexibility index (Phi) is 7.86. The molecule has 174 valence electrons. The van der Waals surface area contributed by atoms with Gasteiger partial charge in [-0.15, -0.1) is 11.8 Å². The maximum absolute atomic E-state index is 12.8. The third-order valence-corrected chi connectivity index (χ3v) is 7.33. The highest BCUT2D eigenvalue weighted by Gasteiger charge is 2.31. The molecule has 1 unspecified atom stereocenters. The second-order valence-corrected chi connectivity index (χ2v) is 11.7. The minimum Gasteiger partial charge on any atom is -0.370 e. The lowest BCUT2D eigenvalue weighted by Gasteiger charge is -2.28. The number of morpholine rings is 1. The van der Waals surface area contributed by atoms with Gasteiger partial charge in [-0.1, -0.05) is 17.7 Å². The Balaban J connectivity index is 1.71. The zero-order valence-corrected chi connectivity index (χ0v) is 20.0. The summed E-state index contributed by atoms with van der Waals surface area (Å²) in [7, 11) is -3.55. The molecule has 2 heterocycles. The molecule has 0 bridgehead atoms. The quantitative estimate of drug-likeness (QED) is 0.579. The van der Waals surface area contributed by atoms with Gasteiger partial charge in [0.05, 0.1) is 22.0 Å². The fourth-order valence-corrected chi connectivity index (χ4v) is 5.46. The van der Waals surface area contributed by atoms with E-state index in [9.17, 15) is 22.8 Å². The van der Waals surface area contributed by atoms with E-state index in [1.807, 2.05) is 0 Å². The lowest BCUT2D eigenvalue weighted by molar-refractivity contribution is -0.125. The molecule has 1 saturated heterocycles. The van der Waals surface area contributed by atoms with E-state index in [4.69, 9.17) is 16.3 Å². The molecule has 9 nitrogen and oxygen atoms in total. The van der Waals surface area contributed by atoms with Gasteiger partial charge in [0.25, 0.3) is 5.91 Å². The van der Waals surface area contributed by atoms with E-state index in [0.717, 1.165) is 23.6 Å². The van der Waals surface area contributed by atoms with Crippen molar-refractivity contribution < 1.29 is 27.5 Å². The molecule has 0 saturated carbocycles. The number of aryl methyl sites for hydroxylation is 1. The standard InChI is InChI=1S/C20H24ClN3O6S2/c1-12-9-13(3-4-15(12)24-7-8-30-10-18(24)25)22-19(26)14(11-32(2,28)29)23-20(27)16-5-6-17(21)31-16/h3-4,6,9,14,16H,5,7-8,10-11H2,1-2H3,(H,22,26)(H,23,27)/t14-,16?/m1/s1. The molecule has 1 aromatic rings. The highest BCUT2D eigenvalue weighted by Crippen LogP contribution is 2.34. The number of nitrogens with zero attached hydrogens (tertiary/aromatic N) is 1. The molecule has 0 aliphatic carbocycles. The molecule has 12 heteroatoms. The number of hydrogen-bond acceptors (Lipinski definition) is 7. The van der Waals surface area contributed by atoms with Crippen LogP contribution in [0, 0.1) is 6.92 Å². The third-order valence-electron chi connectivity index (χ3n) is 4.88. The van der Waals surface area contributed by atoms with Crippen molar-refractivity contribution in [3.8, 4) is 0 Å². The number of halogens is 1. The molecule has 3 rings (SSSR count). The van der Waals surface area contributed by atoms with Gasteiger partial charge in [0.2, 0.25) is 11.8 Å². The SMILES string of the molecule is Cc1cc(NC(=O)[C@@H](CS(C)(=O)=O)NC(=O)C2CC=C(Cl)S2)ccc1N1CCOCC1=O. The summed E-state index contributed by atoms with van der Waals surface area (Å²) >= 11 is 7.05. The van der Waals surface area contributed by atoms with Gasteiger partial charge >= 0.3 is 0 Å².